The third kappa shape index (κ3) is 24.2. The lowest BCUT2D eigenvalue weighted by atomic mass is 10.1. The molecule has 19 nitrogen and oxygen atoms in total. The molecular formula is C59H81Cl4N5O14S3. The number of anilines is 2. The molecule has 6 rings (SSSR count). The normalized spacial score (nSPS) is 11.8. The van der Waals surface area contributed by atoms with E-state index in [9.17, 15) is 30.0 Å². The highest BCUT2D eigenvalue weighted by molar-refractivity contribution is 8.13. The van der Waals surface area contributed by atoms with Gasteiger partial charge in [0.1, 0.15) is 32.9 Å². The molecular weight excluding hydrogens is 1240 g/mol. The molecule has 5 aromatic rings. The summed E-state index contributed by atoms with van der Waals surface area (Å²) in [7, 11) is 0.539. The number of carbonyl (C=O) groups is 1. The molecule has 26 heteroatoms. The fraction of sp³-hybridized carbons (Fsp3) is 0.458. The number of sulfone groups is 1. The van der Waals surface area contributed by atoms with E-state index in [4.69, 9.17) is 73.0 Å². The quantitative estimate of drug-likeness (QED) is 0.0560. The van der Waals surface area contributed by atoms with Crippen molar-refractivity contribution in [3.8, 4) is 17.2 Å². The maximum Gasteiger partial charge on any atom is 0.373 e. The Kier molecular flexibility index (Phi) is 36.6. The molecule has 0 spiro atoms. The number of sulfonamides is 1. The number of hydrogen-bond donors (Lipinski definition) is 1. The summed E-state index contributed by atoms with van der Waals surface area (Å²) in [5.41, 5.74) is 13.3. The molecule has 4 aromatic carbocycles. The molecule has 472 valence electrons. The number of rotatable bonds is 20. The summed E-state index contributed by atoms with van der Waals surface area (Å²) in [6.07, 6.45) is 9.52. The Morgan fingerprint density at radius 1 is 0.624 bits per heavy atom. The maximum absolute atomic E-state index is 13.2. The van der Waals surface area contributed by atoms with E-state index >= 15 is 0 Å². The Morgan fingerprint density at radius 3 is 1.45 bits per heavy atom. The summed E-state index contributed by atoms with van der Waals surface area (Å²) in [6, 6.07) is 17.1. The van der Waals surface area contributed by atoms with Crippen molar-refractivity contribution in [2.24, 2.45) is 5.73 Å². The molecule has 2 N–H and O–H groups in total. The summed E-state index contributed by atoms with van der Waals surface area (Å²) in [6.45, 7) is 21.2. The molecule has 0 aliphatic carbocycles. The maximum atomic E-state index is 13.2. The predicted molar refractivity (Wildman–Crippen MR) is 336 cm³/mol. The van der Waals surface area contributed by atoms with Crippen LogP contribution in [0.5, 0.6) is 17.2 Å². The SMILES string of the molecule is CCCCCS(=O)(=O)c1c(C)cc(OC)c(C)c1C.CCCCN.COc1cc(C)c(S(=O)(=O)Cl)c(C)c1C.COc1cc(C)c(S(=O)(=O)N(C)CCC(=O)Cc2ccc(N3CCN(c4ccncc4)CC3)cc2)c(Cl)c1Cl.Cl.O=C=O.O=C=O. The Bertz CT molecular complexity index is 3330. The van der Waals surface area contributed by atoms with Gasteiger partial charge in [0.05, 0.1) is 41.9 Å². The van der Waals surface area contributed by atoms with Crippen LogP contribution in [0.1, 0.15) is 96.9 Å². The first-order valence-corrected chi connectivity index (χ1v) is 32.8. The molecule has 0 radical (unpaired) electrons. The number of methoxy groups -OCH3 is 3. The first kappa shape index (κ1) is 79.4. The van der Waals surface area contributed by atoms with E-state index in [-0.39, 0.29) is 75.5 Å². The smallest absolute Gasteiger partial charge is 0.373 e. The lowest BCUT2D eigenvalue weighted by Crippen LogP contribution is -2.46. The minimum atomic E-state index is -3.96. The topological polar surface area (TPSA) is 264 Å². The van der Waals surface area contributed by atoms with Crippen LogP contribution >= 0.6 is 46.3 Å². The van der Waals surface area contributed by atoms with Gasteiger partial charge in [-0.1, -0.05) is 68.4 Å². The van der Waals surface area contributed by atoms with Crippen LogP contribution in [0.25, 0.3) is 0 Å². The Morgan fingerprint density at radius 2 is 1.04 bits per heavy atom. The number of benzene rings is 4. The van der Waals surface area contributed by atoms with Gasteiger partial charge in [0, 0.05) is 87.1 Å². The van der Waals surface area contributed by atoms with Crippen molar-refractivity contribution < 1.29 is 63.4 Å². The van der Waals surface area contributed by atoms with E-state index in [1.165, 1.54) is 38.8 Å². The lowest BCUT2D eigenvalue weighted by Gasteiger charge is -2.37. The van der Waals surface area contributed by atoms with Gasteiger partial charge in [0.25, 0.3) is 9.05 Å². The monoisotopic (exact) mass is 1320 g/mol. The Hall–Kier alpha value is -5.61. The zero-order valence-electron chi connectivity index (χ0n) is 50.6. The number of piperazine rings is 1. The van der Waals surface area contributed by atoms with Gasteiger partial charge in [-0.15, -0.1) is 12.4 Å². The van der Waals surface area contributed by atoms with E-state index in [0.29, 0.717) is 33.1 Å². The number of carbonyl (C=O) groups excluding carboxylic acids is 5. The van der Waals surface area contributed by atoms with Crippen molar-refractivity contribution in [3.63, 3.8) is 0 Å². The molecule has 0 bridgehead atoms. The van der Waals surface area contributed by atoms with Crippen molar-refractivity contribution >= 4 is 105 Å². The standard InChI is InChI=1S/C28H32Cl2N4O4S.C15H24O3S.C10H13ClO3S.C4H11N.2CO2.ClH/c1-20-18-25(38-3)26(29)27(30)28(20)39(36,37)32(2)13-10-24(35)19-21-4-6-22(7-5-21)33-14-16-34(17-15-33)23-8-11-31-12-9-23;1-6-7-8-9-19(16,17)15-11(2)10-14(18-5)12(3)13(15)4;1-6-5-9(14-4)7(2)8(3)10(6)15(11,12)13;1-2-3-4-5;2*2-1-3;/h4-9,11-12,18H,10,13-17,19H2,1-3H3;10H,6-9H2,1-5H3;5H,1-4H3;2-5H2,1H3;;;1H. The van der Waals surface area contributed by atoms with E-state index in [1.54, 1.807) is 48.0 Å². The third-order valence-corrected chi connectivity index (χ3v) is 20.1. The van der Waals surface area contributed by atoms with Crippen LogP contribution in [0.3, 0.4) is 0 Å². The largest absolute Gasteiger partial charge is 0.496 e. The van der Waals surface area contributed by atoms with Crippen LogP contribution in [-0.2, 0) is 59.3 Å². The number of unbranched alkanes of at least 4 members (excludes halogenated alkanes) is 3. The van der Waals surface area contributed by atoms with Crippen molar-refractivity contribution in [3.05, 3.63) is 122 Å². The number of pyridine rings is 1. The van der Waals surface area contributed by atoms with Crippen LogP contribution in [0.4, 0.5) is 11.4 Å². The van der Waals surface area contributed by atoms with Gasteiger partial charge in [-0.2, -0.15) is 19.2 Å². The second-order valence-corrected chi connectivity index (χ2v) is 26.5. The number of ketones is 1. The van der Waals surface area contributed by atoms with Crippen molar-refractivity contribution in [1.29, 1.82) is 0 Å². The minimum Gasteiger partial charge on any atom is -0.496 e. The zero-order chi connectivity index (χ0) is 64.1. The highest BCUT2D eigenvalue weighted by Gasteiger charge is 2.29. The predicted octanol–water partition coefficient (Wildman–Crippen LogP) is 11.0. The Labute approximate surface area is 523 Å². The van der Waals surface area contributed by atoms with Gasteiger partial charge in [0.2, 0.25) is 10.0 Å². The van der Waals surface area contributed by atoms with Crippen molar-refractivity contribution in [1.82, 2.24) is 9.29 Å². The average molecular weight is 1320 g/mol. The second kappa shape index (κ2) is 39.2. The molecule has 85 heavy (non-hydrogen) atoms. The van der Waals surface area contributed by atoms with E-state index in [0.717, 1.165) is 95.5 Å². The highest BCUT2D eigenvalue weighted by Crippen LogP contribution is 2.40. The summed E-state index contributed by atoms with van der Waals surface area (Å²) >= 11 is 12.5. The van der Waals surface area contributed by atoms with Gasteiger partial charge < -0.3 is 29.7 Å². The third-order valence-electron chi connectivity index (χ3n) is 13.4. The second-order valence-electron chi connectivity index (χ2n) is 19.2. The summed E-state index contributed by atoms with van der Waals surface area (Å²) < 4.78 is 90.7. The molecule has 0 atom stereocenters. The van der Waals surface area contributed by atoms with Crippen LogP contribution in [-0.4, -0.2) is 126 Å². The van der Waals surface area contributed by atoms with E-state index < -0.39 is 28.9 Å². The number of ether oxygens (including phenoxy) is 3. The number of halogens is 4. The van der Waals surface area contributed by atoms with Gasteiger partial charge >= 0.3 is 12.3 Å². The van der Waals surface area contributed by atoms with Crippen LogP contribution in [0.2, 0.25) is 10.0 Å². The summed E-state index contributed by atoms with van der Waals surface area (Å²) in [5, 5.41) is -0.0579. The molecule has 0 unspecified atom stereocenters. The van der Waals surface area contributed by atoms with Gasteiger partial charge in [-0.3, -0.25) is 9.78 Å². The highest BCUT2D eigenvalue weighted by atomic mass is 35.7. The molecule has 1 aromatic heterocycles. The van der Waals surface area contributed by atoms with E-state index in [2.05, 4.69) is 28.6 Å². The average Bonchev–Trinajstić information content (AvgIpc) is 3.65. The Balaban J connectivity index is 0.00000127. The summed E-state index contributed by atoms with van der Waals surface area (Å²) in [4.78, 5) is 54.6. The van der Waals surface area contributed by atoms with Crippen molar-refractivity contribution in [2.45, 2.75) is 122 Å². The summed E-state index contributed by atoms with van der Waals surface area (Å²) in [5.74, 6) is 1.91. The molecule has 0 amide bonds. The molecule has 2 heterocycles. The van der Waals surface area contributed by atoms with Crippen molar-refractivity contribution in [2.75, 3.05) is 83.2 Å². The minimum absolute atomic E-state index is 0. The van der Waals surface area contributed by atoms with Crippen LogP contribution in [0, 0.1) is 48.5 Å². The fourth-order valence-corrected chi connectivity index (χ4v) is 14.7. The number of aromatic nitrogens is 1. The lowest BCUT2D eigenvalue weighted by molar-refractivity contribution is -0.193. The number of aryl methyl sites for hydroxylation is 3. The van der Waals surface area contributed by atoms with Crippen LogP contribution in [0.15, 0.2) is 81.7 Å². The van der Waals surface area contributed by atoms with Gasteiger partial charge in [0.15, 0.2) is 9.84 Å². The number of hydrogen-bond acceptors (Lipinski definition) is 18. The van der Waals surface area contributed by atoms with E-state index in [1.807, 2.05) is 75.6 Å². The first-order chi connectivity index (χ1) is 39.5. The molecule has 1 aliphatic rings. The molecule has 1 saturated heterocycles. The molecule has 0 saturated carbocycles. The van der Waals surface area contributed by atoms with Crippen LogP contribution < -0.4 is 29.7 Å². The molecule has 1 fully saturated rings. The number of nitrogens with zero attached hydrogens (tertiary/aromatic N) is 4. The number of Topliss-reactive ketones (excluding diaryl/α,β-unsaturated/α-hetero) is 1. The zero-order valence-corrected chi connectivity index (χ0v) is 56.1. The fourth-order valence-electron chi connectivity index (χ4n) is 8.82. The first-order valence-electron chi connectivity index (χ1n) is 26.6. The molecule has 1 aliphatic heterocycles. The van der Waals surface area contributed by atoms with Gasteiger partial charge in [-0.25, -0.2) is 29.6 Å². The number of nitrogens with two attached hydrogens (primary N) is 1. The van der Waals surface area contributed by atoms with Gasteiger partial charge in [-0.05, 0) is 155 Å².